The van der Waals surface area contributed by atoms with Crippen molar-refractivity contribution in [1.82, 2.24) is 5.32 Å². The molecule has 0 bridgehead atoms. The molecule has 0 radical (unpaired) electrons. The Morgan fingerprint density at radius 3 is 2.81 bits per heavy atom. The minimum absolute atomic E-state index is 0.0954. The number of amides is 1. The highest BCUT2D eigenvalue weighted by Gasteiger charge is 2.17. The molecule has 0 saturated heterocycles. The van der Waals surface area contributed by atoms with Crippen molar-refractivity contribution in [3.05, 3.63) is 40.7 Å². The van der Waals surface area contributed by atoms with Crippen LogP contribution in [0.5, 0.6) is 0 Å². The van der Waals surface area contributed by atoms with Crippen LogP contribution < -0.4 is 5.32 Å². The molecule has 2 N–H and O–H groups in total. The number of carbonyl (C=O) groups is 1. The monoisotopic (exact) mass is 313 g/mol. The van der Waals surface area contributed by atoms with Gasteiger partial charge in [-0.2, -0.15) is 0 Å². The van der Waals surface area contributed by atoms with E-state index in [0.29, 0.717) is 13.0 Å². The van der Waals surface area contributed by atoms with Gasteiger partial charge in [-0.1, -0.05) is 31.5 Å². The van der Waals surface area contributed by atoms with Crippen LogP contribution in [-0.4, -0.2) is 24.2 Å². The highest BCUT2D eigenvalue weighted by Crippen LogP contribution is 2.21. The molecule has 0 aliphatic heterocycles. The Morgan fingerprint density at radius 1 is 1.48 bits per heavy atom. The molecular weight excluding hydrogens is 293 g/mol. The number of hydrogen-bond acceptors (Lipinski definition) is 2. The molecule has 0 spiro atoms. The van der Waals surface area contributed by atoms with Crippen LogP contribution in [-0.2, 0) is 4.79 Å². The number of carbonyl (C=O) groups excluding carboxylic acids is 1. The highest BCUT2D eigenvalue weighted by molar-refractivity contribution is 6.32. The Bertz CT molecular complexity index is 495. The summed E-state index contributed by atoms with van der Waals surface area (Å²) >= 11 is 5.87. The maximum atomic E-state index is 13.5. The van der Waals surface area contributed by atoms with Crippen LogP contribution in [0.4, 0.5) is 4.39 Å². The van der Waals surface area contributed by atoms with Crippen molar-refractivity contribution >= 4 is 23.6 Å². The first-order valence-electron chi connectivity index (χ1n) is 6.86. The summed E-state index contributed by atoms with van der Waals surface area (Å²) in [6, 6.07) is 4.38. The van der Waals surface area contributed by atoms with Crippen LogP contribution in [0.15, 0.2) is 24.3 Å². The second kappa shape index (κ2) is 8.15. The summed E-state index contributed by atoms with van der Waals surface area (Å²) in [6.07, 6.45) is 4.15. The van der Waals surface area contributed by atoms with Crippen molar-refractivity contribution < 1.29 is 14.3 Å². The summed E-state index contributed by atoms with van der Waals surface area (Å²) in [5, 5.41) is 11.9. The fourth-order valence-corrected chi connectivity index (χ4v) is 2.09. The third kappa shape index (κ3) is 6.27. The number of nitrogens with one attached hydrogen (secondary N) is 1. The Hall–Kier alpha value is -1.39. The van der Waals surface area contributed by atoms with Crippen molar-refractivity contribution in [3.63, 3.8) is 0 Å². The summed E-state index contributed by atoms with van der Waals surface area (Å²) in [7, 11) is 0. The average molecular weight is 314 g/mol. The van der Waals surface area contributed by atoms with Crippen molar-refractivity contribution in [1.29, 1.82) is 0 Å². The van der Waals surface area contributed by atoms with E-state index in [2.05, 4.69) is 5.32 Å². The molecule has 0 aliphatic rings. The zero-order valence-corrected chi connectivity index (χ0v) is 13.1. The van der Waals surface area contributed by atoms with E-state index in [0.717, 1.165) is 6.42 Å². The SMILES string of the molecule is CC(C)(CCCO)CNC(=O)/C=C/c1c(F)cccc1Cl. The first-order chi connectivity index (χ1) is 9.85. The molecule has 1 amide bonds. The Morgan fingerprint density at radius 2 is 2.19 bits per heavy atom. The van der Waals surface area contributed by atoms with Gasteiger partial charge in [0.2, 0.25) is 5.91 Å². The van der Waals surface area contributed by atoms with Crippen molar-refractivity contribution in [2.45, 2.75) is 26.7 Å². The quantitative estimate of drug-likeness (QED) is 0.758. The summed E-state index contributed by atoms with van der Waals surface area (Å²) in [5.74, 6) is -0.763. The van der Waals surface area contributed by atoms with Gasteiger partial charge in [0.05, 0.1) is 5.02 Å². The first-order valence-corrected chi connectivity index (χ1v) is 7.24. The zero-order chi connectivity index (χ0) is 15.9. The normalized spacial score (nSPS) is 11.9. The first kappa shape index (κ1) is 17.7. The van der Waals surface area contributed by atoms with E-state index in [-0.39, 0.29) is 28.5 Å². The number of hydrogen-bond donors (Lipinski definition) is 2. The smallest absolute Gasteiger partial charge is 0.244 e. The summed E-state index contributed by atoms with van der Waals surface area (Å²) in [4.78, 5) is 11.7. The molecule has 5 heteroatoms. The number of aliphatic hydroxyl groups is 1. The molecule has 0 fully saturated rings. The molecule has 1 aromatic carbocycles. The van der Waals surface area contributed by atoms with Gasteiger partial charge in [0, 0.05) is 24.8 Å². The van der Waals surface area contributed by atoms with Crippen LogP contribution in [0.25, 0.3) is 6.08 Å². The van der Waals surface area contributed by atoms with Crippen LogP contribution in [0.2, 0.25) is 5.02 Å². The fourth-order valence-electron chi connectivity index (χ4n) is 1.86. The summed E-state index contributed by atoms with van der Waals surface area (Å²) < 4.78 is 13.5. The lowest BCUT2D eigenvalue weighted by atomic mass is 9.88. The summed E-state index contributed by atoms with van der Waals surface area (Å²) in [5.41, 5.74) is 0.107. The van der Waals surface area contributed by atoms with E-state index in [1.54, 1.807) is 6.07 Å². The maximum Gasteiger partial charge on any atom is 0.244 e. The number of aliphatic hydroxyl groups excluding tert-OH is 1. The van der Waals surface area contributed by atoms with Gasteiger partial charge in [-0.25, -0.2) is 4.39 Å². The lowest BCUT2D eigenvalue weighted by molar-refractivity contribution is -0.116. The molecular formula is C16H21ClFNO2. The number of halogens is 2. The third-order valence-corrected chi connectivity index (χ3v) is 3.48. The Labute approximate surface area is 129 Å². The molecule has 3 nitrogen and oxygen atoms in total. The standard InChI is InChI=1S/C16H21ClFNO2/c1-16(2,9-4-10-20)11-19-15(21)8-7-12-13(17)5-3-6-14(12)18/h3,5-8,20H,4,9-11H2,1-2H3,(H,19,21)/b8-7+. The van der Waals surface area contributed by atoms with Gasteiger partial charge in [0.15, 0.2) is 0 Å². The molecule has 0 heterocycles. The maximum absolute atomic E-state index is 13.5. The molecule has 116 valence electrons. The van der Waals surface area contributed by atoms with Gasteiger partial charge in [0.25, 0.3) is 0 Å². The number of benzene rings is 1. The highest BCUT2D eigenvalue weighted by atomic mass is 35.5. The lowest BCUT2D eigenvalue weighted by Gasteiger charge is -2.24. The molecule has 0 aromatic heterocycles. The second-order valence-electron chi connectivity index (χ2n) is 5.68. The van der Waals surface area contributed by atoms with Crippen LogP contribution in [0.3, 0.4) is 0 Å². The van der Waals surface area contributed by atoms with E-state index in [1.807, 2.05) is 13.8 Å². The Balaban J connectivity index is 2.56. The van der Waals surface area contributed by atoms with E-state index in [4.69, 9.17) is 16.7 Å². The largest absolute Gasteiger partial charge is 0.396 e. The zero-order valence-electron chi connectivity index (χ0n) is 12.3. The number of rotatable bonds is 7. The van der Waals surface area contributed by atoms with Gasteiger partial charge < -0.3 is 10.4 Å². The van der Waals surface area contributed by atoms with Gasteiger partial charge in [-0.15, -0.1) is 0 Å². The molecule has 1 rings (SSSR count). The molecule has 21 heavy (non-hydrogen) atoms. The van der Waals surface area contributed by atoms with Crippen molar-refractivity contribution in [2.75, 3.05) is 13.2 Å². The van der Waals surface area contributed by atoms with E-state index in [1.165, 1.54) is 24.3 Å². The second-order valence-corrected chi connectivity index (χ2v) is 6.09. The average Bonchev–Trinajstić information content (AvgIpc) is 2.43. The minimum atomic E-state index is -0.463. The Kier molecular flexibility index (Phi) is 6.85. The molecule has 0 atom stereocenters. The van der Waals surface area contributed by atoms with Gasteiger partial charge in [-0.05, 0) is 36.5 Å². The third-order valence-electron chi connectivity index (χ3n) is 3.15. The summed E-state index contributed by atoms with van der Waals surface area (Å²) in [6.45, 7) is 4.66. The lowest BCUT2D eigenvalue weighted by Crippen LogP contribution is -2.33. The minimum Gasteiger partial charge on any atom is -0.396 e. The van der Waals surface area contributed by atoms with Crippen molar-refractivity contribution in [2.24, 2.45) is 5.41 Å². The van der Waals surface area contributed by atoms with Gasteiger partial charge in [0.1, 0.15) is 5.82 Å². The van der Waals surface area contributed by atoms with Crippen LogP contribution in [0.1, 0.15) is 32.3 Å². The molecule has 0 unspecified atom stereocenters. The molecule has 0 aliphatic carbocycles. The van der Waals surface area contributed by atoms with Crippen molar-refractivity contribution in [3.8, 4) is 0 Å². The van der Waals surface area contributed by atoms with E-state index < -0.39 is 5.82 Å². The fraction of sp³-hybridized carbons (Fsp3) is 0.438. The van der Waals surface area contributed by atoms with E-state index >= 15 is 0 Å². The molecule has 0 saturated carbocycles. The molecule has 1 aromatic rings. The topological polar surface area (TPSA) is 49.3 Å². The predicted molar refractivity (Wildman–Crippen MR) is 83.6 cm³/mol. The van der Waals surface area contributed by atoms with Gasteiger partial charge in [-0.3, -0.25) is 4.79 Å². The van der Waals surface area contributed by atoms with Crippen LogP contribution >= 0.6 is 11.6 Å². The van der Waals surface area contributed by atoms with Crippen LogP contribution in [0, 0.1) is 11.2 Å². The van der Waals surface area contributed by atoms with Gasteiger partial charge >= 0.3 is 0 Å². The predicted octanol–water partition coefficient (Wildman–Crippen LogP) is 3.41. The van der Waals surface area contributed by atoms with E-state index in [9.17, 15) is 9.18 Å².